The molecule has 0 spiro atoms. The average Bonchev–Trinajstić information content (AvgIpc) is 2.53. The van der Waals surface area contributed by atoms with Crippen LogP contribution in [0.2, 0.25) is 0 Å². The van der Waals surface area contributed by atoms with E-state index < -0.39 is 23.3 Å². The molecule has 0 rings (SSSR count). The van der Waals surface area contributed by atoms with Crippen molar-refractivity contribution >= 4 is 17.9 Å². The van der Waals surface area contributed by atoms with Crippen molar-refractivity contribution in [3.63, 3.8) is 0 Å². The van der Waals surface area contributed by atoms with Crippen molar-refractivity contribution in [1.82, 2.24) is 0 Å². The van der Waals surface area contributed by atoms with E-state index in [1.807, 2.05) is 27.7 Å². The second-order valence-electron chi connectivity index (χ2n) is 6.70. The lowest BCUT2D eigenvalue weighted by molar-refractivity contribution is -0.147. The van der Waals surface area contributed by atoms with E-state index in [0.717, 1.165) is 12.8 Å². The Bertz CT molecular complexity index is 376. The molecule has 6 nitrogen and oxygen atoms in total. The highest BCUT2D eigenvalue weighted by atomic mass is 16.4. The number of hydrogen-bond acceptors (Lipinski definition) is 3. The molecule has 3 atom stereocenters. The van der Waals surface area contributed by atoms with E-state index in [0.29, 0.717) is 12.3 Å². The molecule has 26 heavy (non-hydrogen) atoms. The van der Waals surface area contributed by atoms with Crippen molar-refractivity contribution in [1.29, 1.82) is 0 Å². The fourth-order valence-corrected chi connectivity index (χ4v) is 0.923. The Morgan fingerprint density at radius 1 is 0.808 bits per heavy atom. The minimum Gasteiger partial charge on any atom is -0.481 e. The molecule has 0 aliphatic carbocycles. The molecule has 0 saturated carbocycles. The van der Waals surface area contributed by atoms with Crippen LogP contribution in [-0.2, 0) is 14.4 Å². The first-order valence-corrected chi connectivity index (χ1v) is 8.47. The Hall–Kier alpha value is -1.59. The summed E-state index contributed by atoms with van der Waals surface area (Å²) in [5.74, 6) is -2.20. The molecule has 0 aromatic rings. The number of carboxylic acids is 3. The number of carbonyl (C=O) groups is 3. The smallest absolute Gasteiger partial charge is 0.309 e. The summed E-state index contributed by atoms with van der Waals surface area (Å²) < 4.78 is 0. The molecule has 0 fully saturated rings. The molecule has 0 heterocycles. The average molecular weight is 381 g/mol. The van der Waals surface area contributed by atoms with E-state index in [1.165, 1.54) is 0 Å². The summed E-state index contributed by atoms with van der Waals surface area (Å²) in [6.45, 7) is 14.6. The predicted octanol–water partition coefficient (Wildman–Crippen LogP) is 5.65. The summed E-state index contributed by atoms with van der Waals surface area (Å²) in [4.78, 5) is 30.5. The number of hydrogen-bond donors (Lipinski definition) is 3. The van der Waals surface area contributed by atoms with E-state index >= 15 is 0 Å². The van der Waals surface area contributed by atoms with Gasteiger partial charge in [0.2, 0.25) is 0 Å². The van der Waals surface area contributed by atoms with Crippen LogP contribution in [0.25, 0.3) is 0 Å². The van der Waals surface area contributed by atoms with Gasteiger partial charge in [-0.3, -0.25) is 14.4 Å². The van der Waals surface area contributed by atoms with Crippen LogP contribution >= 0.6 is 0 Å². The summed E-state index contributed by atoms with van der Waals surface area (Å²) in [6, 6.07) is 0. The zero-order valence-corrected chi connectivity index (χ0v) is 16.4. The molecule has 0 aromatic heterocycles. The fourth-order valence-electron chi connectivity index (χ4n) is 0.923. The zero-order chi connectivity index (χ0) is 20.1. The molecule has 3 N–H and O–H groups in total. The van der Waals surface area contributed by atoms with Gasteiger partial charge < -0.3 is 15.3 Å². The van der Waals surface area contributed by atoms with Crippen LogP contribution in [0.5, 0.6) is 0 Å². The minimum absolute atomic E-state index is 0. The maximum absolute atomic E-state index is 10.3. The first-order chi connectivity index (χ1) is 10.8. The van der Waals surface area contributed by atoms with Crippen LogP contribution in [0.4, 0.5) is 0 Å². The van der Waals surface area contributed by atoms with Gasteiger partial charge in [0.05, 0.1) is 17.3 Å². The first kappa shape index (κ1) is 35.5. The number of rotatable bonds is 7. The molecular weight excluding hydrogens is 336 g/mol. The summed E-state index contributed by atoms with van der Waals surface area (Å²) >= 11 is 0. The van der Waals surface area contributed by atoms with Gasteiger partial charge in [0.25, 0.3) is 0 Å². The fraction of sp³-hybridized carbons (Fsp3) is 0.850. The Morgan fingerprint density at radius 3 is 1.23 bits per heavy atom. The number of aliphatic carboxylic acids is 3. The van der Waals surface area contributed by atoms with Gasteiger partial charge >= 0.3 is 17.9 Å². The van der Waals surface area contributed by atoms with Crippen molar-refractivity contribution < 1.29 is 29.7 Å². The third-order valence-corrected chi connectivity index (χ3v) is 4.38. The highest BCUT2D eigenvalue weighted by molar-refractivity contribution is 5.73. The topological polar surface area (TPSA) is 112 Å². The Balaban J connectivity index is -0.0000000823. The molecular formula is C20H44O6. The van der Waals surface area contributed by atoms with Crippen molar-refractivity contribution in [2.45, 2.75) is 89.5 Å². The second kappa shape index (κ2) is 18.2. The summed E-state index contributed by atoms with van der Waals surface area (Å²) in [7, 11) is 0. The highest BCUT2D eigenvalue weighted by Gasteiger charge is 2.23. The van der Waals surface area contributed by atoms with E-state index in [2.05, 4.69) is 0 Å². The molecule has 6 heteroatoms. The lowest BCUT2D eigenvalue weighted by Crippen LogP contribution is -2.21. The highest BCUT2D eigenvalue weighted by Crippen LogP contribution is 2.18. The zero-order valence-electron chi connectivity index (χ0n) is 16.4. The van der Waals surface area contributed by atoms with Gasteiger partial charge in [-0.15, -0.1) is 0 Å². The molecule has 0 aliphatic heterocycles. The molecule has 0 amide bonds. The normalized spacial score (nSPS) is 12.9. The Morgan fingerprint density at radius 2 is 1.19 bits per heavy atom. The summed E-state index contributed by atoms with van der Waals surface area (Å²) in [5, 5.41) is 25.1. The SMILES string of the molecule is C.C.CCC(C)(C)C(=O)O.CCC(C)C(=O)O.CCC(C)C(C)C(=O)O. The maximum atomic E-state index is 10.3. The molecule has 0 saturated heterocycles. The predicted molar refractivity (Wildman–Crippen MR) is 109 cm³/mol. The van der Waals surface area contributed by atoms with E-state index in [-0.39, 0.29) is 26.7 Å². The first-order valence-electron chi connectivity index (χ1n) is 8.47. The van der Waals surface area contributed by atoms with Gasteiger partial charge in [0.1, 0.15) is 0 Å². The third kappa shape index (κ3) is 18.7. The van der Waals surface area contributed by atoms with Gasteiger partial charge in [-0.1, -0.05) is 62.8 Å². The van der Waals surface area contributed by atoms with Crippen LogP contribution in [0.15, 0.2) is 0 Å². The van der Waals surface area contributed by atoms with E-state index in [1.54, 1.807) is 27.7 Å². The quantitative estimate of drug-likeness (QED) is 0.526. The molecule has 3 unspecified atom stereocenters. The summed E-state index contributed by atoms with van der Waals surface area (Å²) in [6.07, 6.45) is 2.34. The van der Waals surface area contributed by atoms with Gasteiger partial charge in [0.15, 0.2) is 0 Å². The van der Waals surface area contributed by atoms with Gasteiger partial charge in [0, 0.05) is 0 Å². The second-order valence-corrected chi connectivity index (χ2v) is 6.70. The van der Waals surface area contributed by atoms with Crippen LogP contribution in [0.1, 0.15) is 89.5 Å². The lowest BCUT2D eigenvalue weighted by Gasteiger charge is -2.14. The molecule has 0 aliphatic rings. The third-order valence-electron chi connectivity index (χ3n) is 4.38. The molecule has 0 radical (unpaired) electrons. The Labute approximate surface area is 161 Å². The van der Waals surface area contributed by atoms with Crippen molar-refractivity contribution in [3.05, 3.63) is 0 Å². The van der Waals surface area contributed by atoms with Gasteiger partial charge in [-0.05, 0) is 32.6 Å². The number of carboxylic acid groups (broad SMARTS) is 3. The van der Waals surface area contributed by atoms with Crippen molar-refractivity contribution in [3.8, 4) is 0 Å². The van der Waals surface area contributed by atoms with Crippen LogP contribution in [0.3, 0.4) is 0 Å². The van der Waals surface area contributed by atoms with Gasteiger partial charge in [-0.2, -0.15) is 0 Å². The minimum atomic E-state index is -0.722. The Kier molecular flexibility index (Phi) is 24.9. The largest absolute Gasteiger partial charge is 0.481 e. The van der Waals surface area contributed by atoms with Crippen molar-refractivity contribution in [2.24, 2.45) is 23.2 Å². The lowest BCUT2D eigenvalue weighted by atomic mass is 9.91. The maximum Gasteiger partial charge on any atom is 0.309 e. The monoisotopic (exact) mass is 380 g/mol. The molecule has 160 valence electrons. The standard InChI is InChI=1S/C7H14O2.C6H12O2.C5H10O2.2CH4/c1-4-5(2)6(3)7(8)9;1-4-6(2,3)5(7)8;1-3-4(2)5(6)7;;/h5-6H,4H2,1-3H3,(H,8,9);4H2,1-3H3,(H,7,8);4H,3H2,1-2H3,(H,6,7);2*1H4. The van der Waals surface area contributed by atoms with Crippen molar-refractivity contribution in [2.75, 3.05) is 0 Å². The molecule has 0 bridgehead atoms. The van der Waals surface area contributed by atoms with Gasteiger partial charge in [-0.25, -0.2) is 0 Å². The van der Waals surface area contributed by atoms with E-state index in [9.17, 15) is 14.4 Å². The van der Waals surface area contributed by atoms with Crippen LogP contribution in [-0.4, -0.2) is 33.2 Å². The summed E-state index contributed by atoms with van der Waals surface area (Å²) in [5.41, 5.74) is -0.542. The molecule has 0 aromatic carbocycles. The van der Waals surface area contributed by atoms with E-state index in [4.69, 9.17) is 15.3 Å². The van der Waals surface area contributed by atoms with Crippen LogP contribution < -0.4 is 0 Å². The van der Waals surface area contributed by atoms with Crippen LogP contribution in [0, 0.1) is 23.2 Å².